The van der Waals surface area contributed by atoms with Crippen molar-refractivity contribution in [3.63, 3.8) is 0 Å². The quantitative estimate of drug-likeness (QED) is 0.704. The van der Waals surface area contributed by atoms with Crippen LogP contribution in [-0.2, 0) is 5.88 Å². The highest BCUT2D eigenvalue weighted by molar-refractivity contribution is 9.10. The summed E-state index contributed by atoms with van der Waals surface area (Å²) in [6.07, 6.45) is 5.73. The lowest BCUT2D eigenvalue weighted by Crippen LogP contribution is -2.42. The Morgan fingerprint density at radius 2 is 1.94 bits per heavy atom. The lowest BCUT2D eigenvalue weighted by Gasteiger charge is -2.42. The molecule has 1 saturated carbocycles. The molecule has 0 amide bonds. The molecule has 3 heteroatoms. The van der Waals surface area contributed by atoms with Crippen molar-refractivity contribution in [2.45, 2.75) is 31.6 Å². The van der Waals surface area contributed by atoms with E-state index in [-0.39, 0.29) is 0 Å². The molecular formula is C15H19BrClN. The molecule has 2 fully saturated rings. The van der Waals surface area contributed by atoms with Crippen LogP contribution in [0.1, 0.15) is 31.2 Å². The summed E-state index contributed by atoms with van der Waals surface area (Å²) in [6.45, 7) is 2.46. The molecule has 1 aliphatic carbocycles. The van der Waals surface area contributed by atoms with Crippen molar-refractivity contribution in [2.24, 2.45) is 11.8 Å². The van der Waals surface area contributed by atoms with Crippen molar-refractivity contribution in [3.8, 4) is 0 Å². The second-order valence-corrected chi connectivity index (χ2v) is 6.84. The van der Waals surface area contributed by atoms with Gasteiger partial charge < -0.3 is 4.90 Å². The van der Waals surface area contributed by atoms with E-state index in [2.05, 4.69) is 39.0 Å². The van der Waals surface area contributed by atoms with Gasteiger partial charge in [0.2, 0.25) is 0 Å². The minimum Gasteiger partial charge on any atom is -0.370 e. The van der Waals surface area contributed by atoms with E-state index in [1.165, 1.54) is 54.5 Å². The molecule has 1 aliphatic heterocycles. The number of fused-ring (bicyclic) bond motifs is 2. The minimum absolute atomic E-state index is 0.587. The molecule has 1 nitrogen and oxygen atoms in total. The first kappa shape index (κ1) is 12.8. The summed E-state index contributed by atoms with van der Waals surface area (Å²) in [5, 5.41) is 0. The van der Waals surface area contributed by atoms with Crippen molar-refractivity contribution >= 4 is 33.2 Å². The molecule has 0 N–H and O–H groups in total. The van der Waals surface area contributed by atoms with Crippen LogP contribution in [0.25, 0.3) is 0 Å². The van der Waals surface area contributed by atoms with Gasteiger partial charge in [-0.25, -0.2) is 0 Å². The molecule has 0 radical (unpaired) electrons. The third-order valence-corrected chi connectivity index (χ3v) is 5.30. The number of benzene rings is 1. The van der Waals surface area contributed by atoms with E-state index in [1.54, 1.807) is 0 Å². The minimum atomic E-state index is 0.587. The largest absolute Gasteiger partial charge is 0.370 e. The van der Waals surface area contributed by atoms with Crippen molar-refractivity contribution in [3.05, 3.63) is 28.2 Å². The Bertz CT molecular complexity index is 423. The van der Waals surface area contributed by atoms with E-state index in [0.717, 1.165) is 11.8 Å². The predicted octanol–water partition coefficient (Wildman–Crippen LogP) is 4.81. The van der Waals surface area contributed by atoms with Crippen LogP contribution in [0.2, 0.25) is 0 Å². The highest BCUT2D eigenvalue weighted by Gasteiger charge is 2.31. The summed E-state index contributed by atoms with van der Waals surface area (Å²) in [7, 11) is 0. The van der Waals surface area contributed by atoms with Crippen molar-refractivity contribution < 1.29 is 0 Å². The van der Waals surface area contributed by atoms with Crippen molar-refractivity contribution in [1.82, 2.24) is 0 Å². The molecule has 2 bridgehead atoms. The van der Waals surface area contributed by atoms with Crippen LogP contribution in [0.3, 0.4) is 0 Å². The monoisotopic (exact) mass is 327 g/mol. The first-order valence-electron chi connectivity index (χ1n) is 6.85. The number of halogens is 2. The average molecular weight is 329 g/mol. The average Bonchev–Trinajstić information content (AvgIpc) is 2.38. The highest BCUT2D eigenvalue weighted by Crippen LogP contribution is 2.38. The van der Waals surface area contributed by atoms with Crippen LogP contribution in [0.4, 0.5) is 5.69 Å². The van der Waals surface area contributed by atoms with Gasteiger partial charge in [-0.05, 0) is 64.7 Å². The van der Waals surface area contributed by atoms with Crippen LogP contribution < -0.4 is 4.90 Å². The number of piperidine rings is 1. The fourth-order valence-electron chi connectivity index (χ4n) is 3.52. The zero-order valence-electron chi connectivity index (χ0n) is 10.5. The first-order valence-corrected chi connectivity index (χ1v) is 8.18. The summed E-state index contributed by atoms with van der Waals surface area (Å²) < 4.78 is 1.20. The van der Waals surface area contributed by atoms with Crippen LogP contribution in [0, 0.1) is 11.8 Å². The van der Waals surface area contributed by atoms with Crippen LogP contribution in [-0.4, -0.2) is 13.1 Å². The maximum absolute atomic E-state index is 5.88. The zero-order valence-corrected chi connectivity index (χ0v) is 12.9. The number of alkyl halides is 1. The topological polar surface area (TPSA) is 3.24 Å². The Labute approximate surface area is 123 Å². The molecule has 2 atom stereocenters. The van der Waals surface area contributed by atoms with Gasteiger partial charge in [0, 0.05) is 23.4 Å². The zero-order chi connectivity index (χ0) is 12.5. The molecule has 2 unspecified atom stereocenters. The van der Waals surface area contributed by atoms with Crippen LogP contribution >= 0.6 is 27.5 Å². The first-order chi connectivity index (χ1) is 8.76. The van der Waals surface area contributed by atoms with Gasteiger partial charge in [-0.3, -0.25) is 0 Å². The number of anilines is 1. The number of hydrogen-bond acceptors (Lipinski definition) is 1. The number of nitrogens with zero attached hydrogens (tertiary/aromatic N) is 1. The lowest BCUT2D eigenvalue weighted by atomic mass is 9.78. The maximum Gasteiger partial charge on any atom is 0.0511 e. The summed E-state index contributed by atoms with van der Waals surface area (Å²) >= 11 is 9.58. The van der Waals surface area contributed by atoms with E-state index >= 15 is 0 Å². The molecule has 1 aromatic carbocycles. The second-order valence-electron chi connectivity index (χ2n) is 5.72. The molecule has 2 aliphatic rings. The number of hydrogen-bond donors (Lipinski definition) is 0. The third-order valence-electron chi connectivity index (χ3n) is 4.36. The molecule has 1 saturated heterocycles. The van der Waals surface area contributed by atoms with Gasteiger partial charge in [-0.15, -0.1) is 11.6 Å². The molecular weight excluding hydrogens is 310 g/mol. The Morgan fingerprint density at radius 1 is 1.22 bits per heavy atom. The summed E-state index contributed by atoms with van der Waals surface area (Å²) in [5.74, 6) is 2.42. The molecule has 18 heavy (non-hydrogen) atoms. The van der Waals surface area contributed by atoms with E-state index in [9.17, 15) is 0 Å². The smallest absolute Gasteiger partial charge is 0.0511 e. The van der Waals surface area contributed by atoms with Crippen LogP contribution in [0.15, 0.2) is 22.7 Å². The Kier molecular flexibility index (Phi) is 3.86. The van der Waals surface area contributed by atoms with Crippen molar-refractivity contribution in [1.29, 1.82) is 0 Å². The third kappa shape index (κ3) is 2.55. The van der Waals surface area contributed by atoms with Gasteiger partial charge >= 0.3 is 0 Å². The Balaban J connectivity index is 1.82. The molecule has 0 spiro atoms. The molecule has 1 heterocycles. The SMILES string of the molecule is ClCc1ccc(N2CC3CCCC(C3)C2)c(Br)c1. The standard InChI is InChI=1S/C15H19BrClN/c16-14-7-11(8-17)4-5-15(14)18-9-12-2-1-3-13(6-12)10-18/h4-5,7,12-13H,1-3,6,8-10H2. The van der Waals surface area contributed by atoms with Gasteiger partial charge in [0.1, 0.15) is 0 Å². The van der Waals surface area contributed by atoms with Gasteiger partial charge in [0.15, 0.2) is 0 Å². The van der Waals surface area contributed by atoms with Gasteiger partial charge in [-0.2, -0.15) is 0 Å². The van der Waals surface area contributed by atoms with Gasteiger partial charge in [0.25, 0.3) is 0 Å². The fraction of sp³-hybridized carbons (Fsp3) is 0.600. The van der Waals surface area contributed by atoms with E-state index < -0.39 is 0 Å². The normalized spacial score (nSPS) is 27.3. The molecule has 0 aromatic heterocycles. The van der Waals surface area contributed by atoms with Crippen molar-refractivity contribution in [2.75, 3.05) is 18.0 Å². The molecule has 3 rings (SSSR count). The van der Waals surface area contributed by atoms with Gasteiger partial charge in [-0.1, -0.05) is 12.5 Å². The molecule has 98 valence electrons. The Hall–Kier alpha value is -0.210. The van der Waals surface area contributed by atoms with E-state index in [1.807, 2.05) is 0 Å². The molecule has 1 aromatic rings. The summed E-state index contributed by atoms with van der Waals surface area (Å²) in [5.41, 5.74) is 2.53. The second kappa shape index (κ2) is 5.42. The highest BCUT2D eigenvalue weighted by atomic mass is 79.9. The summed E-state index contributed by atoms with van der Waals surface area (Å²) in [4.78, 5) is 2.57. The fourth-order valence-corrected chi connectivity index (χ4v) is 4.36. The maximum atomic E-state index is 5.88. The van der Waals surface area contributed by atoms with Gasteiger partial charge in [0.05, 0.1) is 5.69 Å². The predicted molar refractivity (Wildman–Crippen MR) is 81.4 cm³/mol. The van der Waals surface area contributed by atoms with E-state index in [0.29, 0.717) is 5.88 Å². The van der Waals surface area contributed by atoms with Crippen LogP contribution in [0.5, 0.6) is 0 Å². The lowest BCUT2D eigenvalue weighted by molar-refractivity contribution is 0.231. The summed E-state index contributed by atoms with van der Waals surface area (Å²) in [6, 6.07) is 6.53. The Morgan fingerprint density at radius 3 is 2.56 bits per heavy atom. The van der Waals surface area contributed by atoms with E-state index in [4.69, 9.17) is 11.6 Å². The number of rotatable bonds is 2.